The third-order valence-electron chi connectivity index (χ3n) is 2.30. The Morgan fingerprint density at radius 1 is 1.15 bits per heavy atom. The van der Waals surface area contributed by atoms with Gasteiger partial charge in [0.05, 0.1) is 0 Å². The van der Waals surface area contributed by atoms with E-state index in [-0.39, 0.29) is 14.1 Å². The van der Waals surface area contributed by atoms with E-state index in [4.69, 9.17) is 0 Å². The van der Waals surface area contributed by atoms with Gasteiger partial charge in [-0.2, -0.15) is 0 Å². The first-order valence-electron chi connectivity index (χ1n) is 5.22. The highest BCUT2D eigenvalue weighted by Crippen LogP contribution is 2.13. The van der Waals surface area contributed by atoms with Crippen LogP contribution in [0.25, 0.3) is 0 Å². The van der Waals surface area contributed by atoms with Crippen LogP contribution in [0.3, 0.4) is 0 Å². The van der Waals surface area contributed by atoms with Crippen molar-refractivity contribution in [2.75, 3.05) is 0 Å². The second-order valence-corrected chi connectivity index (χ2v) is 7.68. The van der Waals surface area contributed by atoms with Crippen molar-refractivity contribution in [1.82, 2.24) is 0 Å². The van der Waals surface area contributed by atoms with E-state index < -0.39 is 0 Å². The average molecular weight is 190 g/mol. The van der Waals surface area contributed by atoms with Gasteiger partial charge in [0, 0.05) is 0 Å². The van der Waals surface area contributed by atoms with Gasteiger partial charge in [0.15, 0.2) is 0 Å². The molecular weight excluding hydrogens is 171 g/mol. The molecule has 0 bridgehead atoms. The third kappa shape index (κ3) is 4.50. The predicted octanol–water partition coefficient (Wildman–Crippen LogP) is 3.62. The summed E-state index contributed by atoms with van der Waals surface area (Å²) in [7, 11) is 0. The van der Waals surface area contributed by atoms with Crippen LogP contribution in [0.2, 0.25) is 16.9 Å². The fraction of sp³-hybridized carbons (Fsp3) is 0.500. The van der Waals surface area contributed by atoms with E-state index in [0.29, 0.717) is 0 Å². The van der Waals surface area contributed by atoms with Gasteiger partial charge in [-0.25, -0.2) is 0 Å². The molecule has 0 aromatic heterocycles. The summed E-state index contributed by atoms with van der Waals surface area (Å²) in [4.78, 5) is 0. The Morgan fingerprint density at radius 2 is 1.77 bits per heavy atom. The van der Waals surface area contributed by atoms with Crippen LogP contribution in [0.15, 0.2) is 30.3 Å². The zero-order valence-corrected chi connectivity index (χ0v) is 10.1. The van der Waals surface area contributed by atoms with Gasteiger partial charge >= 0.3 is 0 Å². The van der Waals surface area contributed by atoms with Crippen molar-refractivity contribution in [3.8, 4) is 0 Å². The molecule has 0 aliphatic rings. The highest BCUT2D eigenvalue weighted by molar-refractivity contribution is 6.55. The molecule has 0 heterocycles. The summed E-state index contributed by atoms with van der Waals surface area (Å²) in [6, 6.07) is 10.8. The Balaban J connectivity index is 2.41. The maximum Gasteiger partial charge on any atom is 0.255 e. The van der Waals surface area contributed by atoms with Crippen LogP contribution in [-0.4, -0.2) is 14.1 Å². The van der Waals surface area contributed by atoms with E-state index in [1.165, 1.54) is 17.3 Å². The van der Waals surface area contributed by atoms with Crippen molar-refractivity contribution in [1.29, 1.82) is 0 Å². The largest absolute Gasteiger partial charge is 0.255 e. The van der Waals surface area contributed by atoms with Gasteiger partial charge in [-0.3, -0.25) is 0 Å². The molecule has 13 heavy (non-hydrogen) atoms. The lowest BCUT2D eigenvalue weighted by Crippen LogP contribution is -2.08. The van der Waals surface area contributed by atoms with Gasteiger partial charge < -0.3 is 0 Å². The van der Waals surface area contributed by atoms with Crippen molar-refractivity contribution >= 4 is 14.1 Å². The fourth-order valence-electron chi connectivity index (χ4n) is 1.90. The fourth-order valence-corrected chi connectivity index (χ4v) is 3.68. The Kier molecular flexibility index (Phi) is 4.56. The second kappa shape index (κ2) is 5.48. The van der Waals surface area contributed by atoms with E-state index in [1.807, 2.05) is 0 Å². The molecule has 1 aromatic carbocycles. The first-order valence-corrected chi connectivity index (χ1v) is 8.35. The van der Waals surface area contributed by atoms with Crippen molar-refractivity contribution in [2.45, 2.75) is 30.2 Å². The summed E-state index contributed by atoms with van der Waals surface area (Å²) in [5.74, 6) is 5.73. The number of hydrogen-bond donors (Lipinski definition) is 0. The molecule has 0 radical (unpaired) electrons. The molecule has 0 nitrogen and oxygen atoms in total. The third-order valence-corrected chi connectivity index (χ3v) is 4.05. The van der Waals surface area contributed by atoms with Crippen LogP contribution in [-0.2, 0) is 6.42 Å². The van der Waals surface area contributed by atoms with Gasteiger partial charge in [0.2, 0.25) is 0 Å². The lowest BCUT2D eigenvalue weighted by Gasteiger charge is -2.11. The van der Waals surface area contributed by atoms with Crippen LogP contribution >= 0.6 is 0 Å². The van der Waals surface area contributed by atoms with Gasteiger partial charge in [0.1, 0.15) is 0 Å². The highest BCUT2D eigenvalue weighted by Gasteiger charge is 2.09. The Bertz CT molecular complexity index is 228. The molecule has 0 fully saturated rings. The van der Waals surface area contributed by atoms with E-state index in [0.717, 1.165) is 5.92 Å². The molecule has 0 saturated heterocycles. The minimum Gasteiger partial charge on any atom is -0.106 e. The van der Waals surface area contributed by atoms with Gasteiger partial charge in [0.25, 0.3) is 14.1 Å². The van der Waals surface area contributed by atoms with E-state index >= 15 is 0 Å². The molecule has 70 valence electrons. The normalized spacial score (nSPS) is 12.5. The molecule has 0 spiro atoms. The topological polar surface area (TPSA) is 0 Å². The van der Waals surface area contributed by atoms with Crippen molar-refractivity contribution in [2.24, 2.45) is 5.92 Å². The summed E-state index contributed by atoms with van der Waals surface area (Å²) in [5.41, 5.74) is 1.49. The van der Waals surface area contributed by atoms with Gasteiger partial charge in [-0.15, -0.1) is 11.6 Å². The highest BCUT2D eigenvalue weighted by atomic mass is 27.2. The monoisotopic (exact) mass is 190 g/mol. The lowest BCUT2D eigenvalue weighted by molar-refractivity contribution is 0.640. The van der Waals surface area contributed by atoms with Crippen molar-refractivity contribution in [3.63, 3.8) is 0 Å². The maximum atomic E-state index is 2.43. The number of hydrogen-bond acceptors (Lipinski definition) is 0. The van der Waals surface area contributed by atoms with Crippen molar-refractivity contribution < 1.29 is 0 Å². The SMILES string of the molecule is C[C@H](Cc1ccccc1)[CH2][Al]([CH3])[CH3]. The molecule has 1 atom stereocenters. The van der Waals surface area contributed by atoms with Gasteiger partial charge in [-0.05, 0) is 12.0 Å². The summed E-state index contributed by atoms with van der Waals surface area (Å²) >= 11 is -0.370. The Labute approximate surface area is 86.4 Å². The molecular formula is C12H19Al. The number of benzene rings is 1. The molecule has 1 aromatic rings. The maximum absolute atomic E-state index is 2.43. The minimum absolute atomic E-state index is 0.370. The first-order chi connectivity index (χ1) is 6.18. The first kappa shape index (κ1) is 10.8. The number of rotatable bonds is 4. The van der Waals surface area contributed by atoms with Crippen molar-refractivity contribution in [3.05, 3.63) is 35.9 Å². The van der Waals surface area contributed by atoms with Gasteiger partial charge in [-0.1, -0.05) is 48.5 Å². The molecule has 1 heteroatoms. The molecule has 1 rings (SSSR count). The minimum atomic E-state index is -0.370. The molecule has 0 aliphatic carbocycles. The van der Waals surface area contributed by atoms with Crippen LogP contribution < -0.4 is 0 Å². The smallest absolute Gasteiger partial charge is 0.106 e. The standard InChI is InChI=1S/C10H13.2CH3.Al/c1-9(2)8-10-6-4-3-5-7-10;;;/h3-7,9H,1,8H2,2H3;2*1H3;/t9-;;;/m1.../s1. The van der Waals surface area contributed by atoms with Crippen LogP contribution in [0.1, 0.15) is 12.5 Å². The quantitative estimate of drug-likeness (QED) is 0.636. The molecule has 0 aliphatic heterocycles. The summed E-state index contributed by atoms with van der Waals surface area (Å²) < 4.78 is 0. The molecule has 0 N–H and O–H groups in total. The average Bonchev–Trinajstić information content (AvgIpc) is 2.04. The van der Waals surface area contributed by atoms with Crippen LogP contribution in [0.5, 0.6) is 0 Å². The lowest BCUT2D eigenvalue weighted by atomic mass is 10.0. The second-order valence-electron chi connectivity index (χ2n) is 4.42. The zero-order chi connectivity index (χ0) is 9.68. The van der Waals surface area contributed by atoms with E-state index in [1.54, 1.807) is 0 Å². The summed E-state index contributed by atoms with van der Waals surface area (Å²) in [5, 5.41) is 1.47. The van der Waals surface area contributed by atoms with E-state index in [9.17, 15) is 0 Å². The Hall–Kier alpha value is -0.248. The van der Waals surface area contributed by atoms with E-state index in [2.05, 4.69) is 48.8 Å². The molecule has 0 saturated carbocycles. The van der Waals surface area contributed by atoms with Crippen LogP contribution in [0.4, 0.5) is 0 Å². The zero-order valence-electron chi connectivity index (χ0n) is 8.96. The summed E-state index contributed by atoms with van der Waals surface area (Å²) in [6.07, 6.45) is 1.26. The van der Waals surface area contributed by atoms with Crippen LogP contribution in [0, 0.1) is 5.92 Å². The predicted molar refractivity (Wildman–Crippen MR) is 61.6 cm³/mol. The Morgan fingerprint density at radius 3 is 2.31 bits per heavy atom. The molecule has 0 amide bonds. The summed E-state index contributed by atoms with van der Waals surface area (Å²) in [6.45, 7) is 2.38. The molecule has 0 unspecified atom stereocenters.